The third kappa shape index (κ3) is 3.80. The van der Waals surface area contributed by atoms with Crippen molar-refractivity contribution < 1.29 is 14.2 Å². The van der Waals surface area contributed by atoms with Gasteiger partial charge in [-0.15, -0.1) is 0 Å². The Hall–Kier alpha value is -1.87. The molecule has 0 amide bonds. The molecule has 0 saturated carbocycles. The van der Waals surface area contributed by atoms with E-state index in [0.717, 1.165) is 16.9 Å². The molecule has 2 nitrogen and oxygen atoms in total. The van der Waals surface area contributed by atoms with Crippen molar-refractivity contribution in [3.05, 3.63) is 65.5 Å². The Bertz CT molecular complexity index is 505. The fraction of sp³-hybridized carbons (Fsp3) is 0.250. The first-order valence-electron chi connectivity index (χ1n) is 6.34. The van der Waals surface area contributed by atoms with Crippen molar-refractivity contribution in [2.24, 2.45) is 0 Å². The van der Waals surface area contributed by atoms with Crippen LogP contribution < -0.4 is 4.74 Å². The summed E-state index contributed by atoms with van der Waals surface area (Å²) < 4.78 is 18.3. The van der Waals surface area contributed by atoms with E-state index in [1.165, 1.54) is 12.1 Å². The molecule has 0 radical (unpaired) electrons. The number of hydrogen-bond donors (Lipinski definition) is 1. The second-order valence-corrected chi connectivity index (χ2v) is 4.41. The molecule has 0 aromatic heterocycles. The average molecular weight is 260 g/mol. The molecular formula is C16H17FO2. The highest BCUT2D eigenvalue weighted by atomic mass is 19.1. The van der Waals surface area contributed by atoms with Gasteiger partial charge in [-0.2, -0.15) is 0 Å². The quantitative estimate of drug-likeness (QED) is 0.884. The smallest absolute Gasteiger partial charge is 0.123 e. The van der Waals surface area contributed by atoms with E-state index in [4.69, 9.17) is 4.74 Å². The standard InChI is InChI=1S/C16H17FO2/c1-2-16(18)13-5-9-15(10-6-13)19-11-12-3-7-14(17)8-4-12/h3-10,16,18H,2,11H2,1H3/t16-/m0/s1. The molecule has 0 fully saturated rings. The normalized spacial score (nSPS) is 12.2. The van der Waals surface area contributed by atoms with Crippen LogP contribution in [0.2, 0.25) is 0 Å². The van der Waals surface area contributed by atoms with Crippen LogP contribution in [0.1, 0.15) is 30.6 Å². The molecule has 3 heteroatoms. The summed E-state index contributed by atoms with van der Waals surface area (Å²) in [7, 11) is 0. The highest BCUT2D eigenvalue weighted by molar-refractivity contribution is 5.29. The molecule has 0 aliphatic heterocycles. The minimum Gasteiger partial charge on any atom is -0.489 e. The van der Waals surface area contributed by atoms with Gasteiger partial charge < -0.3 is 9.84 Å². The van der Waals surface area contributed by atoms with Gasteiger partial charge in [-0.25, -0.2) is 4.39 Å². The summed E-state index contributed by atoms with van der Waals surface area (Å²) in [6.07, 6.45) is 0.265. The molecule has 0 aliphatic carbocycles. The van der Waals surface area contributed by atoms with Crippen LogP contribution in [-0.4, -0.2) is 5.11 Å². The van der Waals surface area contributed by atoms with Gasteiger partial charge in [0.05, 0.1) is 6.10 Å². The highest BCUT2D eigenvalue weighted by Gasteiger charge is 2.04. The number of benzene rings is 2. The van der Waals surface area contributed by atoms with Crippen LogP contribution >= 0.6 is 0 Å². The molecule has 0 heterocycles. The number of ether oxygens (including phenoxy) is 1. The van der Waals surface area contributed by atoms with Gasteiger partial charge in [0.2, 0.25) is 0 Å². The first kappa shape index (κ1) is 13.6. The fourth-order valence-electron chi connectivity index (χ4n) is 1.77. The predicted molar refractivity (Wildman–Crippen MR) is 72.4 cm³/mol. The van der Waals surface area contributed by atoms with Crippen LogP contribution in [0, 0.1) is 5.82 Å². The van der Waals surface area contributed by atoms with Crippen molar-refractivity contribution in [3.8, 4) is 5.75 Å². The Kier molecular flexibility index (Phi) is 4.53. The topological polar surface area (TPSA) is 29.5 Å². The van der Waals surface area contributed by atoms with Crippen molar-refractivity contribution in [2.45, 2.75) is 26.1 Å². The van der Waals surface area contributed by atoms with Crippen LogP contribution in [0.25, 0.3) is 0 Å². The molecule has 2 aromatic rings. The van der Waals surface area contributed by atoms with E-state index >= 15 is 0 Å². The third-order valence-electron chi connectivity index (χ3n) is 2.97. The number of aliphatic hydroxyl groups excluding tert-OH is 1. The maximum absolute atomic E-state index is 12.7. The SMILES string of the molecule is CC[C@H](O)c1ccc(OCc2ccc(F)cc2)cc1. The molecule has 0 unspecified atom stereocenters. The van der Waals surface area contributed by atoms with Crippen LogP contribution in [0.5, 0.6) is 5.75 Å². The average Bonchev–Trinajstić information content (AvgIpc) is 2.46. The molecule has 0 aliphatic rings. The Morgan fingerprint density at radius 2 is 1.68 bits per heavy atom. The molecule has 1 atom stereocenters. The van der Waals surface area contributed by atoms with E-state index in [-0.39, 0.29) is 5.82 Å². The van der Waals surface area contributed by atoms with E-state index in [2.05, 4.69) is 0 Å². The summed E-state index contributed by atoms with van der Waals surface area (Å²) in [6.45, 7) is 2.33. The Labute approximate surface area is 112 Å². The highest BCUT2D eigenvalue weighted by Crippen LogP contribution is 2.20. The molecular weight excluding hydrogens is 243 g/mol. The number of halogens is 1. The van der Waals surface area contributed by atoms with Crippen LogP contribution in [0.4, 0.5) is 4.39 Å². The number of rotatable bonds is 5. The van der Waals surface area contributed by atoms with E-state index in [9.17, 15) is 9.50 Å². The summed E-state index contributed by atoms with van der Waals surface area (Å²) >= 11 is 0. The minimum absolute atomic E-state index is 0.248. The minimum atomic E-state index is -0.425. The van der Waals surface area contributed by atoms with E-state index in [1.807, 2.05) is 31.2 Å². The first-order chi connectivity index (χ1) is 9.19. The van der Waals surface area contributed by atoms with Gasteiger partial charge in [0, 0.05) is 0 Å². The first-order valence-corrected chi connectivity index (χ1v) is 6.34. The molecule has 0 bridgehead atoms. The molecule has 19 heavy (non-hydrogen) atoms. The molecule has 100 valence electrons. The van der Waals surface area contributed by atoms with E-state index in [1.54, 1.807) is 12.1 Å². The van der Waals surface area contributed by atoms with E-state index in [0.29, 0.717) is 13.0 Å². The fourth-order valence-corrected chi connectivity index (χ4v) is 1.77. The van der Waals surface area contributed by atoms with E-state index < -0.39 is 6.10 Å². The molecule has 0 saturated heterocycles. The second-order valence-electron chi connectivity index (χ2n) is 4.41. The second kappa shape index (κ2) is 6.34. The zero-order valence-electron chi connectivity index (χ0n) is 10.8. The van der Waals surface area contributed by atoms with Gasteiger partial charge in [0.1, 0.15) is 18.2 Å². The summed E-state index contributed by atoms with van der Waals surface area (Å²) in [5, 5.41) is 9.68. The zero-order chi connectivity index (χ0) is 13.7. The zero-order valence-corrected chi connectivity index (χ0v) is 10.8. The van der Waals surface area contributed by atoms with Gasteiger partial charge >= 0.3 is 0 Å². The van der Waals surface area contributed by atoms with Crippen molar-refractivity contribution >= 4 is 0 Å². The largest absolute Gasteiger partial charge is 0.489 e. The molecule has 2 rings (SSSR count). The van der Waals surface area contributed by atoms with Gasteiger partial charge in [-0.1, -0.05) is 31.2 Å². The molecule has 1 N–H and O–H groups in total. The third-order valence-corrected chi connectivity index (χ3v) is 2.97. The summed E-state index contributed by atoms with van der Waals surface area (Å²) in [6, 6.07) is 13.6. The van der Waals surface area contributed by atoms with Crippen molar-refractivity contribution in [3.63, 3.8) is 0 Å². The number of aliphatic hydroxyl groups is 1. The van der Waals surface area contributed by atoms with Crippen LogP contribution in [0.3, 0.4) is 0 Å². The maximum Gasteiger partial charge on any atom is 0.123 e. The summed E-state index contributed by atoms with van der Waals surface area (Å²) in [4.78, 5) is 0. The summed E-state index contributed by atoms with van der Waals surface area (Å²) in [5.74, 6) is 0.484. The van der Waals surface area contributed by atoms with Crippen LogP contribution in [0.15, 0.2) is 48.5 Å². The van der Waals surface area contributed by atoms with Gasteiger partial charge in [0.25, 0.3) is 0 Å². The Balaban J connectivity index is 1.94. The molecule has 2 aromatic carbocycles. The lowest BCUT2D eigenvalue weighted by Crippen LogP contribution is -1.97. The Morgan fingerprint density at radius 3 is 2.26 bits per heavy atom. The lowest BCUT2D eigenvalue weighted by molar-refractivity contribution is 0.173. The van der Waals surface area contributed by atoms with Crippen molar-refractivity contribution in [2.75, 3.05) is 0 Å². The predicted octanol–water partition coefficient (Wildman–Crippen LogP) is 3.85. The lowest BCUT2D eigenvalue weighted by atomic mass is 10.1. The monoisotopic (exact) mass is 260 g/mol. The van der Waals surface area contributed by atoms with Crippen LogP contribution in [-0.2, 0) is 6.61 Å². The molecule has 0 spiro atoms. The van der Waals surface area contributed by atoms with Crippen molar-refractivity contribution in [1.29, 1.82) is 0 Å². The Morgan fingerprint density at radius 1 is 1.05 bits per heavy atom. The maximum atomic E-state index is 12.7. The lowest BCUT2D eigenvalue weighted by Gasteiger charge is -2.10. The van der Waals surface area contributed by atoms with Gasteiger partial charge in [-0.3, -0.25) is 0 Å². The van der Waals surface area contributed by atoms with Gasteiger partial charge in [0.15, 0.2) is 0 Å². The van der Waals surface area contributed by atoms with Crippen molar-refractivity contribution in [1.82, 2.24) is 0 Å². The summed E-state index contributed by atoms with van der Waals surface area (Å²) in [5.41, 5.74) is 1.80. The number of hydrogen-bond acceptors (Lipinski definition) is 2. The van der Waals surface area contributed by atoms with Gasteiger partial charge in [-0.05, 0) is 41.8 Å².